The molecule has 6 heteroatoms. The number of hydrogen-bond acceptors (Lipinski definition) is 3. The molecule has 4 unspecified atom stereocenters. The highest BCUT2D eigenvalue weighted by Gasteiger charge is 2.32. The zero-order chi connectivity index (χ0) is 18.6. The molecular formula is C21H36N6. The Balaban J connectivity index is 1.33. The number of aliphatic imine (C=N–C) groups is 1. The lowest BCUT2D eigenvalue weighted by atomic mass is 9.69. The molecular weight excluding hydrogens is 336 g/mol. The van der Waals surface area contributed by atoms with E-state index >= 15 is 0 Å². The van der Waals surface area contributed by atoms with Gasteiger partial charge in [0.15, 0.2) is 5.96 Å². The lowest BCUT2D eigenvalue weighted by Gasteiger charge is -2.40. The molecule has 4 atom stereocenters. The van der Waals surface area contributed by atoms with Crippen molar-refractivity contribution < 1.29 is 0 Å². The molecule has 150 valence electrons. The van der Waals surface area contributed by atoms with E-state index in [0.717, 1.165) is 61.9 Å². The summed E-state index contributed by atoms with van der Waals surface area (Å²) < 4.78 is 2.27. The maximum Gasteiger partial charge on any atom is 0.191 e. The minimum Gasteiger partial charge on any atom is -0.357 e. The van der Waals surface area contributed by atoms with Crippen LogP contribution in [0.2, 0.25) is 0 Å². The van der Waals surface area contributed by atoms with Gasteiger partial charge < -0.3 is 15.2 Å². The average molecular weight is 373 g/mol. The summed E-state index contributed by atoms with van der Waals surface area (Å²) in [6.07, 6.45) is 12.0. The van der Waals surface area contributed by atoms with E-state index in [1.165, 1.54) is 44.9 Å². The summed E-state index contributed by atoms with van der Waals surface area (Å²) in [5.41, 5.74) is 0. The Hall–Kier alpha value is -1.59. The molecule has 2 fully saturated rings. The van der Waals surface area contributed by atoms with Crippen LogP contribution < -0.4 is 10.6 Å². The third kappa shape index (κ3) is 4.46. The molecule has 4 rings (SSSR count). The van der Waals surface area contributed by atoms with Gasteiger partial charge in [0.05, 0.1) is 0 Å². The summed E-state index contributed by atoms with van der Waals surface area (Å²) in [5.74, 6) is 5.72. The Morgan fingerprint density at radius 1 is 1.11 bits per heavy atom. The molecule has 6 nitrogen and oxygen atoms in total. The van der Waals surface area contributed by atoms with Crippen molar-refractivity contribution in [3.05, 3.63) is 11.6 Å². The van der Waals surface area contributed by atoms with E-state index in [9.17, 15) is 0 Å². The number of aryl methyl sites for hydroxylation is 2. The van der Waals surface area contributed by atoms with E-state index in [1.54, 1.807) is 0 Å². The van der Waals surface area contributed by atoms with E-state index < -0.39 is 0 Å². The van der Waals surface area contributed by atoms with E-state index in [0.29, 0.717) is 12.0 Å². The smallest absolute Gasteiger partial charge is 0.191 e. The SMILES string of the molecule is CCNC(=NCC1CCc2nnc(C)n2C1)NC1CCC2CCCCC2C1. The Labute approximate surface area is 163 Å². The lowest BCUT2D eigenvalue weighted by molar-refractivity contribution is 0.150. The van der Waals surface area contributed by atoms with Crippen molar-refractivity contribution in [3.63, 3.8) is 0 Å². The molecule has 0 saturated heterocycles. The number of aromatic nitrogens is 3. The number of nitrogens with zero attached hydrogens (tertiary/aromatic N) is 4. The van der Waals surface area contributed by atoms with Gasteiger partial charge in [-0.3, -0.25) is 4.99 Å². The highest BCUT2D eigenvalue weighted by Crippen LogP contribution is 2.40. The molecule has 1 aromatic heterocycles. The summed E-state index contributed by atoms with van der Waals surface area (Å²) in [7, 11) is 0. The highest BCUT2D eigenvalue weighted by molar-refractivity contribution is 5.80. The van der Waals surface area contributed by atoms with Gasteiger partial charge in [0.25, 0.3) is 0 Å². The molecule has 2 aliphatic carbocycles. The largest absolute Gasteiger partial charge is 0.357 e. The van der Waals surface area contributed by atoms with Gasteiger partial charge in [0, 0.05) is 32.1 Å². The molecule has 2 saturated carbocycles. The number of fused-ring (bicyclic) bond motifs is 2. The maximum atomic E-state index is 4.96. The quantitative estimate of drug-likeness (QED) is 0.630. The summed E-state index contributed by atoms with van der Waals surface area (Å²) in [4.78, 5) is 4.96. The molecule has 2 heterocycles. The number of nitrogens with one attached hydrogen (secondary N) is 2. The molecule has 0 bridgehead atoms. The summed E-state index contributed by atoms with van der Waals surface area (Å²) in [5, 5.41) is 15.7. The summed E-state index contributed by atoms with van der Waals surface area (Å²) >= 11 is 0. The van der Waals surface area contributed by atoms with Crippen molar-refractivity contribution >= 4 is 5.96 Å². The standard InChI is InChI=1S/C21H36N6/c1-3-22-21(24-19-10-9-17-6-4-5-7-18(17)12-19)23-13-16-8-11-20-26-25-15(2)27(20)14-16/h16-19H,3-14H2,1-2H3,(H2,22,23,24). The van der Waals surface area contributed by atoms with Gasteiger partial charge in [-0.15, -0.1) is 10.2 Å². The van der Waals surface area contributed by atoms with Crippen LogP contribution >= 0.6 is 0 Å². The topological polar surface area (TPSA) is 67.1 Å². The molecule has 0 radical (unpaired) electrons. The fourth-order valence-electron chi connectivity index (χ4n) is 5.42. The fourth-order valence-corrected chi connectivity index (χ4v) is 5.42. The first-order chi connectivity index (χ1) is 13.2. The molecule has 27 heavy (non-hydrogen) atoms. The van der Waals surface area contributed by atoms with Gasteiger partial charge >= 0.3 is 0 Å². The zero-order valence-corrected chi connectivity index (χ0v) is 17.1. The van der Waals surface area contributed by atoms with Gasteiger partial charge in [0.2, 0.25) is 0 Å². The second-order valence-corrected chi connectivity index (χ2v) is 8.86. The van der Waals surface area contributed by atoms with Crippen LogP contribution in [0.4, 0.5) is 0 Å². The molecule has 0 aromatic carbocycles. The molecule has 1 aliphatic heterocycles. The second kappa shape index (κ2) is 8.61. The normalized spacial score (nSPS) is 31.1. The van der Waals surface area contributed by atoms with Crippen molar-refractivity contribution in [2.45, 2.75) is 84.2 Å². The predicted molar refractivity (Wildman–Crippen MR) is 109 cm³/mol. The third-order valence-corrected chi connectivity index (χ3v) is 6.96. The van der Waals surface area contributed by atoms with Crippen LogP contribution in [-0.2, 0) is 13.0 Å². The first-order valence-electron chi connectivity index (χ1n) is 11.2. The lowest BCUT2D eigenvalue weighted by Crippen LogP contribution is -2.47. The Kier molecular flexibility index (Phi) is 5.98. The van der Waals surface area contributed by atoms with E-state index in [-0.39, 0.29) is 0 Å². The number of hydrogen-bond donors (Lipinski definition) is 2. The molecule has 3 aliphatic rings. The minimum atomic E-state index is 0.580. The molecule has 1 aromatic rings. The second-order valence-electron chi connectivity index (χ2n) is 8.86. The van der Waals surface area contributed by atoms with Crippen LogP contribution in [0.5, 0.6) is 0 Å². The van der Waals surface area contributed by atoms with Crippen LogP contribution in [0.15, 0.2) is 4.99 Å². The molecule has 2 N–H and O–H groups in total. The van der Waals surface area contributed by atoms with Gasteiger partial charge in [-0.25, -0.2) is 0 Å². The van der Waals surface area contributed by atoms with Crippen molar-refractivity contribution in [3.8, 4) is 0 Å². The van der Waals surface area contributed by atoms with Crippen LogP contribution in [0.1, 0.15) is 69.9 Å². The first kappa shape index (κ1) is 18.8. The van der Waals surface area contributed by atoms with Crippen molar-refractivity contribution in [1.29, 1.82) is 0 Å². The van der Waals surface area contributed by atoms with Gasteiger partial charge in [-0.1, -0.05) is 25.7 Å². The fraction of sp³-hybridized carbons (Fsp3) is 0.857. The minimum absolute atomic E-state index is 0.580. The average Bonchev–Trinajstić information content (AvgIpc) is 3.06. The van der Waals surface area contributed by atoms with Crippen LogP contribution in [0.25, 0.3) is 0 Å². The Morgan fingerprint density at radius 3 is 2.81 bits per heavy atom. The monoisotopic (exact) mass is 372 g/mol. The van der Waals surface area contributed by atoms with Crippen molar-refractivity contribution in [2.24, 2.45) is 22.7 Å². The molecule has 0 amide bonds. The van der Waals surface area contributed by atoms with Gasteiger partial charge in [-0.2, -0.15) is 0 Å². The Morgan fingerprint density at radius 2 is 1.96 bits per heavy atom. The van der Waals surface area contributed by atoms with E-state index in [4.69, 9.17) is 4.99 Å². The van der Waals surface area contributed by atoms with Gasteiger partial charge in [-0.05, 0) is 57.3 Å². The van der Waals surface area contributed by atoms with E-state index in [2.05, 4.69) is 39.2 Å². The first-order valence-corrected chi connectivity index (χ1v) is 11.2. The zero-order valence-electron chi connectivity index (χ0n) is 17.1. The summed E-state index contributed by atoms with van der Waals surface area (Å²) in [6, 6.07) is 0.597. The van der Waals surface area contributed by atoms with Crippen LogP contribution in [-0.4, -0.2) is 39.9 Å². The third-order valence-electron chi connectivity index (χ3n) is 6.96. The Bertz CT molecular complexity index is 651. The van der Waals surface area contributed by atoms with Crippen LogP contribution in [0, 0.1) is 24.7 Å². The van der Waals surface area contributed by atoms with Crippen LogP contribution in [0.3, 0.4) is 0 Å². The van der Waals surface area contributed by atoms with E-state index in [1.807, 2.05) is 0 Å². The maximum absolute atomic E-state index is 4.96. The number of rotatable bonds is 4. The van der Waals surface area contributed by atoms with Crippen molar-refractivity contribution in [2.75, 3.05) is 13.1 Å². The van der Waals surface area contributed by atoms with Crippen molar-refractivity contribution in [1.82, 2.24) is 25.4 Å². The number of guanidine groups is 1. The summed E-state index contributed by atoms with van der Waals surface area (Å²) in [6.45, 7) is 7.01. The highest BCUT2D eigenvalue weighted by atomic mass is 15.3. The predicted octanol–water partition coefficient (Wildman–Crippen LogP) is 3.06. The van der Waals surface area contributed by atoms with Gasteiger partial charge in [0.1, 0.15) is 11.6 Å². The molecule has 0 spiro atoms.